The number of amides is 2. The van der Waals surface area contributed by atoms with E-state index < -0.39 is 0 Å². The highest BCUT2D eigenvalue weighted by molar-refractivity contribution is 5.99. The van der Waals surface area contributed by atoms with Gasteiger partial charge in [0.05, 0.1) is 11.6 Å². The van der Waals surface area contributed by atoms with Crippen molar-refractivity contribution in [1.82, 2.24) is 19.2 Å². The van der Waals surface area contributed by atoms with Gasteiger partial charge in [0.2, 0.25) is 0 Å². The number of pyridine rings is 1. The molecule has 0 aliphatic carbocycles. The van der Waals surface area contributed by atoms with E-state index in [0.717, 1.165) is 50.1 Å². The van der Waals surface area contributed by atoms with Gasteiger partial charge >= 0.3 is 0 Å². The van der Waals surface area contributed by atoms with Crippen LogP contribution in [-0.4, -0.2) is 50.6 Å². The summed E-state index contributed by atoms with van der Waals surface area (Å²) in [5.74, 6) is 1.32. The maximum atomic E-state index is 13.4. The molecule has 0 saturated carbocycles. The molecule has 2 aliphatic rings. The Hall–Kier alpha value is -3.15. The molecule has 0 bridgehead atoms. The van der Waals surface area contributed by atoms with Gasteiger partial charge in [-0.25, -0.2) is 4.98 Å². The van der Waals surface area contributed by atoms with Crippen LogP contribution in [0, 0.1) is 5.92 Å². The summed E-state index contributed by atoms with van der Waals surface area (Å²) >= 11 is 0. The summed E-state index contributed by atoms with van der Waals surface area (Å²) in [6, 6.07) is 15.1. The second-order valence-corrected chi connectivity index (χ2v) is 8.80. The zero-order chi connectivity index (χ0) is 21.4. The van der Waals surface area contributed by atoms with Crippen molar-refractivity contribution >= 4 is 17.3 Å². The van der Waals surface area contributed by atoms with Gasteiger partial charge in [-0.1, -0.05) is 31.2 Å². The van der Waals surface area contributed by atoms with Gasteiger partial charge < -0.3 is 14.2 Å². The van der Waals surface area contributed by atoms with E-state index in [9.17, 15) is 9.59 Å². The van der Waals surface area contributed by atoms with Gasteiger partial charge in [-0.15, -0.1) is 0 Å². The number of aromatic nitrogens is 2. The van der Waals surface area contributed by atoms with E-state index in [1.807, 2.05) is 68.9 Å². The normalized spacial score (nSPS) is 21.6. The Morgan fingerprint density at radius 1 is 0.935 bits per heavy atom. The molecule has 4 heterocycles. The number of hydrogen-bond acceptors (Lipinski definition) is 3. The molecule has 0 spiro atoms. The van der Waals surface area contributed by atoms with Crippen LogP contribution in [0.4, 0.5) is 0 Å². The van der Waals surface area contributed by atoms with E-state index >= 15 is 0 Å². The fourth-order valence-electron chi connectivity index (χ4n) is 5.00. The van der Waals surface area contributed by atoms with Gasteiger partial charge in [-0.2, -0.15) is 0 Å². The van der Waals surface area contributed by atoms with Crippen molar-refractivity contribution in [1.29, 1.82) is 0 Å². The summed E-state index contributed by atoms with van der Waals surface area (Å²) in [6.07, 6.45) is 5.93. The first-order valence-electron chi connectivity index (χ1n) is 11.3. The summed E-state index contributed by atoms with van der Waals surface area (Å²) in [5, 5.41) is 0. The Labute approximate surface area is 182 Å². The summed E-state index contributed by atoms with van der Waals surface area (Å²) in [7, 11) is 0. The van der Waals surface area contributed by atoms with Gasteiger partial charge in [0.1, 0.15) is 5.82 Å². The number of nitrogens with zero attached hydrogens (tertiary/aromatic N) is 4. The third kappa shape index (κ3) is 3.60. The summed E-state index contributed by atoms with van der Waals surface area (Å²) in [4.78, 5) is 35.3. The van der Waals surface area contributed by atoms with E-state index in [1.54, 1.807) is 0 Å². The van der Waals surface area contributed by atoms with Crippen LogP contribution in [0.2, 0.25) is 0 Å². The minimum absolute atomic E-state index is 0.000401. The molecule has 2 saturated heterocycles. The first-order chi connectivity index (χ1) is 15.1. The highest BCUT2D eigenvalue weighted by Gasteiger charge is 2.35. The van der Waals surface area contributed by atoms with Gasteiger partial charge in [-0.3, -0.25) is 9.59 Å². The van der Waals surface area contributed by atoms with Crippen LogP contribution >= 0.6 is 0 Å². The maximum Gasteiger partial charge on any atom is 0.274 e. The Morgan fingerprint density at radius 2 is 1.71 bits per heavy atom. The molecule has 1 aromatic carbocycles. The van der Waals surface area contributed by atoms with E-state index in [-0.39, 0.29) is 17.9 Å². The quantitative estimate of drug-likeness (QED) is 0.643. The Morgan fingerprint density at radius 3 is 2.52 bits per heavy atom. The topological polar surface area (TPSA) is 57.9 Å². The summed E-state index contributed by atoms with van der Waals surface area (Å²) < 4.78 is 2.00. The Kier molecular flexibility index (Phi) is 5.22. The third-order valence-corrected chi connectivity index (χ3v) is 6.55. The number of piperidine rings is 1. The predicted molar refractivity (Wildman–Crippen MR) is 119 cm³/mol. The van der Waals surface area contributed by atoms with Crippen molar-refractivity contribution in [3.8, 4) is 0 Å². The lowest BCUT2D eigenvalue weighted by Crippen LogP contribution is -2.39. The number of rotatable bonds is 3. The van der Waals surface area contributed by atoms with E-state index in [4.69, 9.17) is 4.98 Å². The largest absolute Gasteiger partial charge is 0.337 e. The third-order valence-electron chi connectivity index (χ3n) is 6.55. The van der Waals surface area contributed by atoms with E-state index in [2.05, 4.69) is 6.92 Å². The number of carbonyl (C=O) groups is 2. The minimum atomic E-state index is -0.135. The van der Waals surface area contributed by atoms with Gasteiger partial charge in [0, 0.05) is 31.4 Å². The number of likely N-dealkylation sites (tertiary alicyclic amines) is 2. The molecule has 5 rings (SSSR count). The smallest absolute Gasteiger partial charge is 0.274 e. The van der Waals surface area contributed by atoms with Crippen LogP contribution in [0.3, 0.4) is 0 Å². The molecule has 6 nitrogen and oxygen atoms in total. The van der Waals surface area contributed by atoms with Crippen LogP contribution in [0.1, 0.15) is 65.3 Å². The van der Waals surface area contributed by atoms with Crippen LogP contribution < -0.4 is 0 Å². The number of benzene rings is 1. The molecule has 160 valence electrons. The first-order valence-corrected chi connectivity index (χ1v) is 11.3. The zero-order valence-electron chi connectivity index (χ0n) is 17.9. The average Bonchev–Trinajstić information content (AvgIpc) is 3.43. The van der Waals surface area contributed by atoms with Crippen molar-refractivity contribution in [2.45, 2.75) is 38.6 Å². The van der Waals surface area contributed by atoms with E-state index in [0.29, 0.717) is 23.7 Å². The van der Waals surface area contributed by atoms with Crippen molar-refractivity contribution < 1.29 is 9.59 Å². The van der Waals surface area contributed by atoms with E-state index in [1.165, 1.54) is 0 Å². The zero-order valence-corrected chi connectivity index (χ0v) is 17.9. The molecule has 2 aromatic heterocycles. The molecule has 0 unspecified atom stereocenters. The fraction of sp³-hybridized carbons (Fsp3) is 0.400. The molecule has 0 radical (unpaired) electrons. The van der Waals surface area contributed by atoms with Crippen molar-refractivity contribution in [2.75, 3.05) is 19.6 Å². The summed E-state index contributed by atoms with van der Waals surface area (Å²) in [5.41, 5.74) is 2.01. The Bertz CT molecular complexity index is 1110. The fourth-order valence-corrected chi connectivity index (χ4v) is 5.00. The lowest BCUT2D eigenvalue weighted by molar-refractivity contribution is 0.0679. The average molecular weight is 417 g/mol. The van der Waals surface area contributed by atoms with Crippen molar-refractivity contribution in [2.24, 2.45) is 5.92 Å². The number of fused-ring (bicyclic) bond motifs is 1. The second kappa shape index (κ2) is 8.17. The lowest BCUT2D eigenvalue weighted by atomic mass is 10.00. The second-order valence-electron chi connectivity index (χ2n) is 8.80. The molecule has 2 amide bonds. The lowest BCUT2D eigenvalue weighted by Gasteiger charge is -2.30. The SMILES string of the molecule is C[C@H]1CCCN(C(=O)c2nc([C@@H]3CCCN3C(=O)c3ccccc3)n3ccccc23)C1. The summed E-state index contributed by atoms with van der Waals surface area (Å²) in [6.45, 7) is 4.46. The number of carbonyl (C=O) groups excluding carboxylic acids is 2. The van der Waals surface area contributed by atoms with Crippen LogP contribution in [-0.2, 0) is 0 Å². The van der Waals surface area contributed by atoms with Gasteiger partial charge in [-0.05, 0) is 55.9 Å². The Balaban J connectivity index is 1.51. The molecule has 0 N–H and O–H groups in total. The molecule has 2 atom stereocenters. The van der Waals surface area contributed by atoms with Crippen LogP contribution in [0.25, 0.3) is 5.52 Å². The van der Waals surface area contributed by atoms with Crippen molar-refractivity contribution in [3.63, 3.8) is 0 Å². The standard InChI is InChI=1S/C25H28N4O2/c1-18-9-7-14-27(17-18)25(31)22-20-12-5-6-15-28(20)23(26-22)21-13-8-16-29(21)24(30)19-10-3-2-4-11-19/h2-6,10-12,15,18,21H,7-9,13-14,16-17H2,1H3/t18-,21-/m0/s1. The first kappa shape index (κ1) is 19.8. The van der Waals surface area contributed by atoms with Gasteiger partial charge in [0.25, 0.3) is 11.8 Å². The molecule has 2 fully saturated rings. The monoisotopic (exact) mass is 416 g/mol. The highest BCUT2D eigenvalue weighted by Crippen LogP contribution is 2.34. The predicted octanol–water partition coefficient (Wildman–Crippen LogP) is 4.18. The minimum Gasteiger partial charge on any atom is -0.337 e. The van der Waals surface area contributed by atoms with Crippen LogP contribution in [0.5, 0.6) is 0 Å². The van der Waals surface area contributed by atoms with Crippen LogP contribution in [0.15, 0.2) is 54.7 Å². The molecule has 3 aromatic rings. The molecular weight excluding hydrogens is 388 g/mol. The molecule has 2 aliphatic heterocycles. The molecule has 6 heteroatoms. The molecule has 31 heavy (non-hydrogen) atoms. The maximum absolute atomic E-state index is 13.4. The number of hydrogen-bond donors (Lipinski definition) is 0. The van der Waals surface area contributed by atoms with Gasteiger partial charge in [0.15, 0.2) is 5.69 Å². The highest BCUT2D eigenvalue weighted by atomic mass is 16.2. The molecular formula is C25H28N4O2. The number of imidazole rings is 1. The van der Waals surface area contributed by atoms with Crippen molar-refractivity contribution in [3.05, 3.63) is 71.8 Å².